The number of piperidine rings is 1. The number of aromatic nitrogens is 4. The van der Waals surface area contributed by atoms with Crippen molar-refractivity contribution in [1.29, 1.82) is 0 Å². The third kappa shape index (κ3) is 3.50. The van der Waals surface area contributed by atoms with Crippen LogP contribution >= 0.6 is 11.3 Å². The highest BCUT2D eigenvalue weighted by Gasteiger charge is 2.24. The molecule has 1 aliphatic rings. The van der Waals surface area contributed by atoms with Crippen molar-refractivity contribution >= 4 is 17.0 Å². The third-order valence-corrected chi connectivity index (χ3v) is 6.07. The summed E-state index contributed by atoms with van der Waals surface area (Å²) in [4.78, 5) is 12.8. The van der Waals surface area contributed by atoms with E-state index in [1.165, 1.54) is 22.4 Å². The fourth-order valence-corrected chi connectivity index (χ4v) is 4.54. The Morgan fingerprint density at radius 1 is 1.15 bits per heavy atom. The number of hydrogen-bond donors (Lipinski definition) is 0. The maximum atomic E-state index is 4.82. The molecule has 6 heteroatoms. The molecule has 0 bridgehead atoms. The van der Waals surface area contributed by atoms with E-state index in [1.54, 1.807) is 11.3 Å². The molecule has 0 spiro atoms. The first kappa shape index (κ1) is 16.6. The number of hydrogen-bond acceptors (Lipinski definition) is 5. The lowest BCUT2D eigenvalue weighted by Crippen LogP contribution is -2.34. The molecule has 4 aromatic heterocycles. The van der Waals surface area contributed by atoms with Gasteiger partial charge in [0.25, 0.3) is 0 Å². The molecule has 0 aromatic carbocycles. The summed E-state index contributed by atoms with van der Waals surface area (Å²) in [6.45, 7) is 3.07. The van der Waals surface area contributed by atoms with Crippen LogP contribution in [0.25, 0.3) is 16.1 Å². The Bertz CT molecular complexity index is 1030. The van der Waals surface area contributed by atoms with Gasteiger partial charge in [0.05, 0.1) is 0 Å². The quantitative estimate of drug-likeness (QED) is 0.535. The van der Waals surface area contributed by atoms with Crippen LogP contribution in [0.2, 0.25) is 0 Å². The van der Waals surface area contributed by atoms with Gasteiger partial charge in [0.2, 0.25) is 0 Å². The number of rotatable bonds is 4. The van der Waals surface area contributed by atoms with Gasteiger partial charge in [-0.25, -0.2) is 9.50 Å². The zero-order chi connectivity index (χ0) is 18.1. The molecule has 5 nitrogen and oxygen atoms in total. The average molecular weight is 376 g/mol. The molecular weight excluding hydrogens is 354 g/mol. The van der Waals surface area contributed by atoms with Crippen molar-refractivity contribution < 1.29 is 0 Å². The van der Waals surface area contributed by atoms with Gasteiger partial charge in [-0.05, 0) is 54.6 Å². The molecule has 5 heterocycles. The summed E-state index contributed by atoms with van der Waals surface area (Å²) in [7, 11) is 0. The number of pyridine rings is 2. The molecule has 5 rings (SSSR count). The highest BCUT2D eigenvalue weighted by Crippen LogP contribution is 2.28. The van der Waals surface area contributed by atoms with Gasteiger partial charge in [-0.3, -0.25) is 9.88 Å². The molecule has 4 aromatic rings. The number of nitrogens with zero attached hydrogens (tertiary/aromatic N) is 5. The molecule has 1 fully saturated rings. The largest absolute Gasteiger partial charge is 0.298 e. The minimum Gasteiger partial charge on any atom is -0.298 e. The SMILES string of the molecule is c1cncc(CN2CCC[C@@H](c3nc4ccc(-c5cccs5)cn4n3)C2)c1. The van der Waals surface area contributed by atoms with E-state index in [0.717, 1.165) is 37.5 Å². The summed E-state index contributed by atoms with van der Waals surface area (Å²) in [5.41, 5.74) is 3.38. The maximum Gasteiger partial charge on any atom is 0.156 e. The molecule has 0 amide bonds. The molecule has 0 N–H and O–H groups in total. The van der Waals surface area contributed by atoms with Gasteiger partial charge in [-0.2, -0.15) is 5.10 Å². The summed E-state index contributed by atoms with van der Waals surface area (Å²) in [5.74, 6) is 1.36. The smallest absolute Gasteiger partial charge is 0.156 e. The molecule has 0 aliphatic carbocycles. The molecule has 0 unspecified atom stereocenters. The van der Waals surface area contributed by atoms with Crippen molar-refractivity contribution in [3.8, 4) is 10.4 Å². The zero-order valence-corrected chi connectivity index (χ0v) is 15.8. The van der Waals surface area contributed by atoms with Gasteiger partial charge in [-0.1, -0.05) is 12.1 Å². The highest BCUT2D eigenvalue weighted by molar-refractivity contribution is 7.13. The summed E-state index contributed by atoms with van der Waals surface area (Å²) in [6, 6.07) is 12.6. The number of thiophene rings is 1. The van der Waals surface area contributed by atoms with Crippen LogP contribution in [0.4, 0.5) is 0 Å². The van der Waals surface area contributed by atoms with Crippen LogP contribution in [0.3, 0.4) is 0 Å². The van der Waals surface area contributed by atoms with Gasteiger partial charge in [0.15, 0.2) is 11.5 Å². The Balaban J connectivity index is 1.36. The first-order valence-electron chi connectivity index (χ1n) is 9.36. The summed E-state index contributed by atoms with van der Waals surface area (Å²) >= 11 is 1.75. The van der Waals surface area contributed by atoms with Gasteiger partial charge >= 0.3 is 0 Å². The van der Waals surface area contributed by atoms with Crippen molar-refractivity contribution in [3.05, 3.63) is 71.8 Å². The van der Waals surface area contributed by atoms with Crippen molar-refractivity contribution in [2.24, 2.45) is 0 Å². The normalized spacial score (nSPS) is 18.1. The van der Waals surface area contributed by atoms with E-state index in [1.807, 2.05) is 23.0 Å². The van der Waals surface area contributed by atoms with Crippen LogP contribution in [0, 0.1) is 0 Å². The molecule has 0 saturated carbocycles. The van der Waals surface area contributed by atoms with E-state index in [2.05, 4.69) is 51.8 Å². The fourth-order valence-electron chi connectivity index (χ4n) is 3.82. The second kappa shape index (κ2) is 7.21. The lowest BCUT2D eigenvalue weighted by molar-refractivity contribution is 0.196. The van der Waals surface area contributed by atoms with Crippen molar-refractivity contribution in [3.63, 3.8) is 0 Å². The van der Waals surface area contributed by atoms with E-state index in [0.29, 0.717) is 5.92 Å². The Hall–Kier alpha value is -2.57. The van der Waals surface area contributed by atoms with Crippen LogP contribution in [0.5, 0.6) is 0 Å². The van der Waals surface area contributed by atoms with Gasteiger partial charge in [-0.15, -0.1) is 11.3 Å². The van der Waals surface area contributed by atoms with E-state index in [4.69, 9.17) is 10.1 Å². The average Bonchev–Trinajstić information content (AvgIpc) is 3.38. The van der Waals surface area contributed by atoms with Crippen LogP contribution in [-0.4, -0.2) is 37.6 Å². The maximum absolute atomic E-state index is 4.82. The minimum absolute atomic E-state index is 0.389. The first-order chi connectivity index (χ1) is 13.3. The standard InChI is InChI=1S/C21H21N5S/c1-4-16(12-22-9-1)13-25-10-2-5-18(14-25)21-23-20-8-7-17(15-26(20)24-21)19-6-3-11-27-19/h1,3-4,6-9,11-12,15,18H,2,5,10,13-14H2/t18-/m1/s1. The summed E-state index contributed by atoms with van der Waals surface area (Å²) < 4.78 is 1.93. The number of fused-ring (bicyclic) bond motifs is 1. The Labute approximate surface area is 162 Å². The highest BCUT2D eigenvalue weighted by atomic mass is 32.1. The molecule has 1 aliphatic heterocycles. The monoisotopic (exact) mass is 375 g/mol. The van der Waals surface area contributed by atoms with E-state index in [9.17, 15) is 0 Å². The predicted octanol–water partition coefficient (Wildman–Crippen LogP) is 4.23. The third-order valence-electron chi connectivity index (χ3n) is 5.15. The second-order valence-electron chi connectivity index (χ2n) is 7.10. The van der Waals surface area contributed by atoms with Crippen LogP contribution in [-0.2, 0) is 6.54 Å². The molecule has 136 valence electrons. The Morgan fingerprint density at radius 2 is 2.15 bits per heavy atom. The van der Waals surface area contributed by atoms with Gasteiger partial charge in [0, 0.05) is 48.0 Å². The Morgan fingerprint density at radius 3 is 3.00 bits per heavy atom. The summed E-state index contributed by atoms with van der Waals surface area (Å²) in [5, 5.41) is 6.92. The molecule has 27 heavy (non-hydrogen) atoms. The fraction of sp³-hybridized carbons (Fsp3) is 0.286. The molecular formula is C21H21N5S. The van der Waals surface area contributed by atoms with E-state index in [-0.39, 0.29) is 0 Å². The van der Waals surface area contributed by atoms with Crippen molar-refractivity contribution in [2.45, 2.75) is 25.3 Å². The molecule has 1 saturated heterocycles. The van der Waals surface area contributed by atoms with E-state index >= 15 is 0 Å². The molecule has 0 radical (unpaired) electrons. The van der Waals surface area contributed by atoms with Gasteiger partial charge < -0.3 is 0 Å². The first-order valence-corrected chi connectivity index (χ1v) is 10.2. The zero-order valence-electron chi connectivity index (χ0n) is 15.0. The Kier molecular flexibility index (Phi) is 4.43. The summed E-state index contributed by atoms with van der Waals surface area (Å²) in [6.07, 6.45) is 8.21. The lowest BCUT2D eigenvalue weighted by atomic mass is 9.97. The van der Waals surface area contributed by atoms with Crippen molar-refractivity contribution in [2.75, 3.05) is 13.1 Å². The topological polar surface area (TPSA) is 46.3 Å². The predicted molar refractivity (Wildman–Crippen MR) is 108 cm³/mol. The number of likely N-dealkylation sites (tertiary alicyclic amines) is 1. The van der Waals surface area contributed by atoms with E-state index < -0.39 is 0 Å². The minimum atomic E-state index is 0.389. The van der Waals surface area contributed by atoms with Crippen LogP contribution in [0.1, 0.15) is 30.1 Å². The van der Waals surface area contributed by atoms with Crippen molar-refractivity contribution in [1.82, 2.24) is 24.5 Å². The van der Waals surface area contributed by atoms with Gasteiger partial charge in [0.1, 0.15) is 0 Å². The van der Waals surface area contributed by atoms with Crippen LogP contribution in [0.15, 0.2) is 60.4 Å². The second-order valence-corrected chi connectivity index (χ2v) is 8.05. The molecule has 1 atom stereocenters. The lowest BCUT2D eigenvalue weighted by Gasteiger charge is -2.31. The van der Waals surface area contributed by atoms with Crippen LogP contribution < -0.4 is 0 Å².